The molecule has 5 nitrogen and oxygen atoms in total. The third-order valence-corrected chi connectivity index (χ3v) is 2.34. The van der Waals surface area contributed by atoms with Crippen LogP contribution in [0, 0.1) is 0 Å². The molecule has 0 fully saturated rings. The molecule has 0 spiro atoms. The molecule has 1 unspecified atom stereocenters. The standard InChI is InChI=1S/C10H14ClN3O2/c1-16-9-3-2-6(4-7(9)11)14-5-8(12)10(13)15/h2-4,8,14H,5,12H2,1H3,(H2,13,15). The Morgan fingerprint density at radius 1 is 1.62 bits per heavy atom. The van der Waals surface area contributed by atoms with Crippen LogP contribution in [0.3, 0.4) is 0 Å². The molecular weight excluding hydrogens is 230 g/mol. The first-order chi connectivity index (χ1) is 7.54. The number of halogens is 1. The van der Waals surface area contributed by atoms with Gasteiger partial charge in [-0.05, 0) is 18.2 Å². The van der Waals surface area contributed by atoms with Crippen molar-refractivity contribution in [2.75, 3.05) is 19.0 Å². The van der Waals surface area contributed by atoms with E-state index >= 15 is 0 Å². The van der Waals surface area contributed by atoms with Crippen molar-refractivity contribution in [1.29, 1.82) is 0 Å². The summed E-state index contributed by atoms with van der Waals surface area (Å²) in [4.78, 5) is 10.7. The summed E-state index contributed by atoms with van der Waals surface area (Å²) in [5.74, 6) is 0.0403. The van der Waals surface area contributed by atoms with Gasteiger partial charge in [-0.15, -0.1) is 0 Å². The number of hydrogen-bond donors (Lipinski definition) is 3. The Bertz CT molecular complexity index is 384. The highest BCUT2D eigenvalue weighted by atomic mass is 35.5. The van der Waals surface area contributed by atoms with Crippen molar-refractivity contribution in [3.05, 3.63) is 23.2 Å². The molecule has 0 aliphatic carbocycles. The largest absolute Gasteiger partial charge is 0.495 e. The lowest BCUT2D eigenvalue weighted by Gasteiger charge is -2.11. The Morgan fingerprint density at radius 2 is 2.31 bits per heavy atom. The lowest BCUT2D eigenvalue weighted by molar-refractivity contribution is -0.118. The Balaban J connectivity index is 2.62. The second-order valence-electron chi connectivity index (χ2n) is 3.24. The van der Waals surface area contributed by atoms with E-state index in [1.54, 1.807) is 18.2 Å². The van der Waals surface area contributed by atoms with Gasteiger partial charge in [-0.1, -0.05) is 11.6 Å². The van der Waals surface area contributed by atoms with Crippen molar-refractivity contribution in [2.24, 2.45) is 11.5 Å². The van der Waals surface area contributed by atoms with Crippen molar-refractivity contribution >= 4 is 23.2 Å². The van der Waals surface area contributed by atoms with Crippen LogP contribution in [0.5, 0.6) is 5.75 Å². The third-order valence-electron chi connectivity index (χ3n) is 2.04. The molecule has 5 N–H and O–H groups in total. The molecular formula is C10H14ClN3O2. The van der Waals surface area contributed by atoms with Crippen LogP contribution in [-0.2, 0) is 4.79 Å². The van der Waals surface area contributed by atoms with E-state index in [0.29, 0.717) is 10.8 Å². The fourth-order valence-corrected chi connectivity index (χ4v) is 1.36. The zero-order chi connectivity index (χ0) is 12.1. The number of carbonyl (C=O) groups is 1. The van der Waals surface area contributed by atoms with E-state index in [2.05, 4.69) is 5.32 Å². The second kappa shape index (κ2) is 5.58. The van der Waals surface area contributed by atoms with Crippen LogP contribution in [0.25, 0.3) is 0 Å². The normalized spacial score (nSPS) is 11.9. The van der Waals surface area contributed by atoms with E-state index in [0.717, 1.165) is 5.69 Å². The van der Waals surface area contributed by atoms with Gasteiger partial charge in [0.25, 0.3) is 0 Å². The van der Waals surface area contributed by atoms with Gasteiger partial charge in [0, 0.05) is 12.2 Å². The van der Waals surface area contributed by atoms with Crippen molar-refractivity contribution < 1.29 is 9.53 Å². The summed E-state index contributed by atoms with van der Waals surface area (Å²) in [6.45, 7) is 0.262. The molecule has 6 heteroatoms. The van der Waals surface area contributed by atoms with Gasteiger partial charge in [0.2, 0.25) is 5.91 Å². The van der Waals surface area contributed by atoms with Crippen LogP contribution >= 0.6 is 11.6 Å². The van der Waals surface area contributed by atoms with E-state index in [1.807, 2.05) is 0 Å². The first-order valence-corrected chi connectivity index (χ1v) is 5.04. The van der Waals surface area contributed by atoms with Crippen LogP contribution in [0.15, 0.2) is 18.2 Å². The summed E-state index contributed by atoms with van der Waals surface area (Å²) in [7, 11) is 1.54. The monoisotopic (exact) mass is 243 g/mol. The highest BCUT2D eigenvalue weighted by Gasteiger charge is 2.08. The second-order valence-corrected chi connectivity index (χ2v) is 3.65. The highest BCUT2D eigenvalue weighted by Crippen LogP contribution is 2.26. The molecule has 0 bridgehead atoms. The van der Waals surface area contributed by atoms with Crippen LogP contribution in [0.2, 0.25) is 5.02 Å². The number of hydrogen-bond acceptors (Lipinski definition) is 4. The van der Waals surface area contributed by atoms with Gasteiger partial charge in [-0.25, -0.2) is 0 Å². The van der Waals surface area contributed by atoms with Gasteiger partial charge in [-0.3, -0.25) is 4.79 Å². The number of rotatable bonds is 5. The number of benzene rings is 1. The van der Waals surface area contributed by atoms with E-state index in [4.69, 9.17) is 27.8 Å². The molecule has 1 rings (SSSR count). The predicted molar refractivity (Wildman–Crippen MR) is 63.7 cm³/mol. The van der Waals surface area contributed by atoms with E-state index in [1.165, 1.54) is 7.11 Å². The molecule has 0 aliphatic heterocycles. The highest BCUT2D eigenvalue weighted by molar-refractivity contribution is 6.32. The summed E-state index contributed by atoms with van der Waals surface area (Å²) in [6, 6.07) is 4.47. The zero-order valence-electron chi connectivity index (χ0n) is 8.87. The Morgan fingerprint density at radius 3 is 2.81 bits per heavy atom. The van der Waals surface area contributed by atoms with E-state index in [9.17, 15) is 4.79 Å². The van der Waals surface area contributed by atoms with Gasteiger partial charge < -0.3 is 21.5 Å². The van der Waals surface area contributed by atoms with Crippen molar-refractivity contribution in [3.63, 3.8) is 0 Å². The van der Waals surface area contributed by atoms with Gasteiger partial charge >= 0.3 is 0 Å². The molecule has 0 radical (unpaired) electrons. The number of methoxy groups -OCH3 is 1. The minimum atomic E-state index is -0.721. The van der Waals surface area contributed by atoms with Crippen LogP contribution in [0.4, 0.5) is 5.69 Å². The van der Waals surface area contributed by atoms with Gasteiger partial charge in [-0.2, -0.15) is 0 Å². The lowest BCUT2D eigenvalue weighted by atomic mass is 10.2. The summed E-state index contributed by atoms with van der Waals surface area (Å²) in [5.41, 5.74) is 11.2. The SMILES string of the molecule is COc1ccc(NCC(N)C(N)=O)cc1Cl. The third kappa shape index (κ3) is 3.29. The average Bonchev–Trinajstić information content (AvgIpc) is 2.25. The van der Waals surface area contributed by atoms with E-state index in [-0.39, 0.29) is 6.54 Å². The number of ether oxygens (including phenoxy) is 1. The number of carbonyl (C=O) groups excluding carboxylic acids is 1. The number of nitrogens with one attached hydrogen (secondary N) is 1. The summed E-state index contributed by atoms with van der Waals surface area (Å²) in [5, 5.41) is 3.44. The number of nitrogens with two attached hydrogens (primary N) is 2. The molecule has 1 amide bonds. The molecule has 0 saturated heterocycles. The number of amides is 1. The van der Waals surface area contributed by atoms with Crippen molar-refractivity contribution in [2.45, 2.75) is 6.04 Å². The molecule has 0 heterocycles. The Hall–Kier alpha value is -1.46. The quantitative estimate of drug-likeness (QED) is 0.705. The maximum atomic E-state index is 10.7. The summed E-state index contributed by atoms with van der Waals surface area (Å²) >= 11 is 5.92. The van der Waals surface area contributed by atoms with Gasteiger partial charge in [0.05, 0.1) is 12.1 Å². The maximum absolute atomic E-state index is 10.7. The van der Waals surface area contributed by atoms with Crippen LogP contribution in [0.1, 0.15) is 0 Å². The minimum Gasteiger partial charge on any atom is -0.495 e. The Kier molecular flexibility index (Phi) is 4.39. The smallest absolute Gasteiger partial charge is 0.236 e. The molecule has 88 valence electrons. The molecule has 1 atom stereocenters. The Labute approximate surface area is 98.7 Å². The molecule has 0 saturated carbocycles. The molecule has 0 aliphatic rings. The zero-order valence-corrected chi connectivity index (χ0v) is 9.62. The minimum absolute atomic E-state index is 0.262. The van der Waals surface area contributed by atoms with Gasteiger partial charge in [0.1, 0.15) is 11.8 Å². The fourth-order valence-electron chi connectivity index (χ4n) is 1.10. The molecule has 0 aromatic heterocycles. The lowest BCUT2D eigenvalue weighted by Crippen LogP contribution is -2.41. The van der Waals surface area contributed by atoms with Crippen molar-refractivity contribution in [1.82, 2.24) is 0 Å². The number of anilines is 1. The molecule has 1 aromatic carbocycles. The van der Waals surface area contributed by atoms with Crippen LogP contribution in [-0.4, -0.2) is 25.6 Å². The average molecular weight is 244 g/mol. The summed E-state index contributed by atoms with van der Waals surface area (Å²) < 4.78 is 5.01. The van der Waals surface area contributed by atoms with Crippen molar-refractivity contribution in [3.8, 4) is 5.75 Å². The molecule has 16 heavy (non-hydrogen) atoms. The summed E-state index contributed by atoms with van der Waals surface area (Å²) in [6.07, 6.45) is 0. The first-order valence-electron chi connectivity index (χ1n) is 4.67. The predicted octanol–water partition coefficient (Wildman–Crippen LogP) is 0.573. The van der Waals surface area contributed by atoms with Gasteiger partial charge in [0.15, 0.2) is 0 Å². The number of primary amides is 1. The maximum Gasteiger partial charge on any atom is 0.236 e. The fraction of sp³-hybridized carbons (Fsp3) is 0.300. The molecule has 1 aromatic rings. The van der Waals surface area contributed by atoms with Crippen LogP contribution < -0.4 is 21.5 Å². The van der Waals surface area contributed by atoms with E-state index < -0.39 is 11.9 Å². The first kappa shape index (κ1) is 12.6. The topological polar surface area (TPSA) is 90.4 Å².